The number of hydrogen-bond donors (Lipinski definition) is 2. The number of H-pyrrole nitrogens is 1. The highest BCUT2D eigenvalue weighted by Crippen LogP contribution is 2.31. The largest absolute Gasteiger partial charge is 0.497 e. The molecule has 8 heteroatoms. The molecule has 2 aromatic carbocycles. The molecule has 2 N–H and O–H groups in total. The lowest BCUT2D eigenvalue weighted by Crippen LogP contribution is -2.30. The van der Waals surface area contributed by atoms with Crippen LogP contribution in [0.1, 0.15) is 32.3 Å². The third-order valence-electron chi connectivity index (χ3n) is 4.59. The molecule has 3 rings (SSSR count). The standard InChI is InChI=1S/C22H26N4O4/c1-13(2)15-7-6-8-17(11-15)30-14(3)21(27)24-22-23-20(25-26-22)18-10-9-16(28-4)12-19(18)29-5/h6-14H,1-5H3,(H2,23,24,25,26,27). The summed E-state index contributed by atoms with van der Waals surface area (Å²) in [7, 11) is 3.14. The van der Waals surface area contributed by atoms with Gasteiger partial charge in [-0.2, -0.15) is 4.98 Å². The van der Waals surface area contributed by atoms with Gasteiger partial charge in [-0.1, -0.05) is 26.0 Å². The van der Waals surface area contributed by atoms with Crippen LogP contribution in [0.5, 0.6) is 17.2 Å². The van der Waals surface area contributed by atoms with Crippen LogP contribution in [-0.2, 0) is 4.79 Å². The topological polar surface area (TPSA) is 98.4 Å². The molecule has 0 fully saturated rings. The van der Waals surface area contributed by atoms with Crippen LogP contribution in [0.15, 0.2) is 42.5 Å². The van der Waals surface area contributed by atoms with Crippen LogP contribution in [0.4, 0.5) is 5.95 Å². The van der Waals surface area contributed by atoms with E-state index in [4.69, 9.17) is 14.2 Å². The Bertz CT molecular complexity index is 1020. The predicted molar refractivity (Wildman–Crippen MR) is 114 cm³/mol. The smallest absolute Gasteiger partial charge is 0.267 e. The van der Waals surface area contributed by atoms with Crippen LogP contribution < -0.4 is 19.5 Å². The summed E-state index contributed by atoms with van der Waals surface area (Å²) >= 11 is 0. The summed E-state index contributed by atoms with van der Waals surface area (Å²) in [5, 5.41) is 9.54. The molecule has 8 nitrogen and oxygen atoms in total. The first kappa shape index (κ1) is 21.2. The molecule has 1 unspecified atom stereocenters. The molecule has 0 bridgehead atoms. The molecule has 30 heavy (non-hydrogen) atoms. The van der Waals surface area contributed by atoms with Gasteiger partial charge in [0.2, 0.25) is 5.95 Å². The van der Waals surface area contributed by atoms with E-state index in [1.54, 1.807) is 39.3 Å². The Labute approximate surface area is 175 Å². The molecule has 3 aromatic rings. The maximum absolute atomic E-state index is 12.5. The third-order valence-corrected chi connectivity index (χ3v) is 4.59. The molecule has 1 heterocycles. The molecule has 0 radical (unpaired) electrons. The van der Waals surface area contributed by atoms with Gasteiger partial charge in [0.1, 0.15) is 17.2 Å². The third kappa shape index (κ3) is 4.89. The van der Waals surface area contributed by atoms with Gasteiger partial charge >= 0.3 is 0 Å². The van der Waals surface area contributed by atoms with E-state index in [0.29, 0.717) is 34.6 Å². The van der Waals surface area contributed by atoms with Crippen LogP contribution in [0.3, 0.4) is 0 Å². The van der Waals surface area contributed by atoms with Crippen molar-refractivity contribution >= 4 is 11.9 Å². The minimum absolute atomic E-state index is 0.152. The highest BCUT2D eigenvalue weighted by molar-refractivity contribution is 5.92. The quantitative estimate of drug-likeness (QED) is 0.582. The van der Waals surface area contributed by atoms with Crippen molar-refractivity contribution in [2.75, 3.05) is 19.5 Å². The lowest BCUT2D eigenvalue weighted by Gasteiger charge is -2.15. The summed E-state index contributed by atoms with van der Waals surface area (Å²) < 4.78 is 16.4. The number of methoxy groups -OCH3 is 2. The second kappa shape index (κ2) is 9.30. The van der Waals surface area contributed by atoms with Crippen molar-refractivity contribution in [3.05, 3.63) is 48.0 Å². The molecule has 158 valence electrons. The van der Waals surface area contributed by atoms with Crippen LogP contribution in [-0.4, -0.2) is 41.4 Å². The maximum atomic E-state index is 12.5. The summed E-state index contributed by atoms with van der Waals surface area (Å²) in [4.78, 5) is 16.9. The van der Waals surface area contributed by atoms with E-state index in [2.05, 4.69) is 34.3 Å². The number of carbonyl (C=O) groups is 1. The van der Waals surface area contributed by atoms with Crippen molar-refractivity contribution in [1.82, 2.24) is 15.2 Å². The van der Waals surface area contributed by atoms with E-state index in [0.717, 1.165) is 5.56 Å². The zero-order valence-corrected chi connectivity index (χ0v) is 17.7. The first-order chi connectivity index (χ1) is 14.4. The molecule has 1 aromatic heterocycles. The molecule has 0 saturated carbocycles. The average molecular weight is 410 g/mol. The number of anilines is 1. The summed E-state index contributed by atoms with van der Waals surface area (Å²) in [5.41, 5.74) is 1.84. The fourth-order valence-corrected chi connectivity index (χ4v) is 2.85. The Kier molecular flexibility index (Phi) is 6.56. The minimum Gasteiger partial charge on any atom is -0.497 e. The van der Waals surface area contributed by atoms with E-state index in [1.807, 2.05) is 24.3 Å². The normalized spacial score (nSPS) is 11.8. The van der Waals surface area contributed by atoms with Gasteiger partial charge in [-0.15, -0.1) is 5.10 Å². The van der Waals surface area contributed by atoms with Crippen LogP contribution >= 0.6 is 0 Å². The van der Waals surface area contributed by atoms with E-state index < -0.39 is 6.10 Å². The summed E-state index contributed by atoms with van der Waals surface area (Å²) in [6.45, 7) is 5.89. The SMILES string of the molecule is COc1ccc(-c2nc(NC(=O)C(C)Oc3cccc(C(C)C)c3)n[nH]2)c(OC)c1. The van der Waals surface area contributed by atoms with E-state index in [9.17, 15) is 4.79 Å². The Morgan fingerprint density at radius 1 is 1.03 bits per heavy atom. The van der Waals surface area contributed by atoms with E-state index in [1.165, 1.54) is 0 Å². The summed E-state index contributed by atoms with van der Waals surface area (Å²) in [5.74, 6) is 2.52. The number of aromatic amines is 1. The lowest BCUT2D eigenvalue weighted by molar-refractivity contribution is -0.122. The highest BCUT2D eigenvalue weighted by Gasteiger charge is 2.18. The summed E-state index contributed by atoms with van der Waals surface area (Å²) in [6, 6.07) is 13.1. The Hall–Kier alpha value is -3.55. The maximum Gasteiger partial charge on any atom is 0.267 e. The molecular formula is C22H26N4O4. The number of nitrogens with one attached hydrogen (secondary N) is 2. The molecule has 0 aliphatic carbocycles. The van der Waals surface area contributed by atoms with Crippen molar-refractivity contribution < 1.29 is 19.0 Å². The van der Waals surface area contributed by atoms with Crippen LogP contribution in [0.25, 0.3) is 11.4 Å². The molecule has 1 amide bonds. The molecular weight excluding hydrogens is 384 g/mol. The van der Waals surface area contributed by atoms with Gasteiger partial charge in [-0.3, -0.25) is 15.2 Å². The van der Waals surface area contributed by atoms with Gasteiger partial charge in [0, 0.05) is 6.07 Å². The minimum atomic E-state index is -0.718. The average Bonchev–Trinajstić information content (AvgIpc) is 3.21. The van der Waals surface area contributed by atoms with E-state index in [-0.39, 0.29) is 11.9 Å². The predicted octanol–water partition coefficient (Wildman–Crippen LogP) is 4.02. The molecule has 0 aliphatic heterocycles. The number of nitrogens with zero attached hydrogens (tertiary/aromatic N) is 2. The number of hydrogen-bond acceptors (Lipinski definition) is 6. The molecule has 0 aliphatic rings. The Morgan fingerprint density at radius 2 is 1.83 bits per heavy atom. The second-order valence-corrected chi connectivity index (χ2v) is 7.05. The van der Waals surface area contributed by atoms with Crippen molar-refractivity contribution in [2.45, 2.75) is 32.8 Å². The zero-order chi connectivity index (χ0) is 21.7. The monoisotopic (exact) mass is 410 g/mol. The summed E-state index contributed by atoms with van der Waals surface area (Å²) in [6.07, 6.45) is -0.718. The fourth-order valence-electron chi connectivity index (χ4n) is 2.85. The van der Waals surface area contributed by atoms with E-state index >= 15 is 0 Å². The van der Waals surface area contributed by atoms with Crippen molar-refractivity contribution in [3.63, 3.8) is 0 Å². The number of amides is 1. The van der Waals surface area contributed by atoms with Crippen LogP contribution in [0.2, 0.25) is 0 Å². The second-order valence-electron chi connectivity index (χ2n) is 7.05. The first-order valence-corrected chi connectivity index (χ1v) is 9.63. The van der Waals surface area contributed by atoms with Gasteiger partial charge in [-0.25, -0.2) is 0 Å². The lowest BCUT2D eigenvalue weighted by atomic mass is 10.0. The van der Waals surface area contributed by atoms with Crippen LogP contribution in [0, 0.1) is 0 Å². The van der Waals surface area contributed by atoms with Crippen molar-refractivity contribution in [3.8, 4) is 28.6 Å². The molecule has 0 saturated heterocycles. The molecule has 0 spiro atoms. The fraction of sp³-hybridized carbons (Fsp3) is 0.318. The number of benzene rings is 2. The Balaban J connectivity index is 1.68. The number of ether oxygens (including phenoxy) is 3. The number of aromatic nitrogens is 3. The number of carbonyl (C=O) groups excluding carboxylic acids is 1. The Morgan fingerprint density at radius 3 is 2.53 bits per heavy atom. The van der Waals surface area contributed by atoms with Gasteiger partial charge in [0.25, 0.3) is 5.91 Å². The zero-order valence-electron chi connectivity index (χ0n) is 17.7. The van der Waals surface area contributed by atoms with Gasteiger partial charge in [-0.05, 0) is 42.7 Å². The first-order valence-electron chi connectivity index (χ1n) is 9.63. The molecule has 1 atom stereocenters. The van der Waals surface area contributed by atoms with Gasteiger partial charge in [0.15, 0.2) is 11.9 Å². The van der Waals surface area contributed by atoms with Gasteiger partial charge < -0.3 is 14.2 Å². The van der Waals surface area contributed by atoms with Crippen molar-refractivity contribution in [2.24, 2.45) is 0 Å². The van der Waals surface area contributed by atoms with Crippen molar-refractivity contribution in [1.29, 1.82) is 0 Å². The number of rotatable bonds is 8. The van der Waals surface area contributed by atoms with Gasteiger partial charge in [0.05, 0.1) is 19.8 Å². The highest BCUT2D eigenvalue weighted by atomic mass is 16.5.